The third-order valence-electron chi connectivity index (χ3n) is 10.6. The number of rotatable bonds is 4. The molecule has 9 rings (SSSR count). The number of fused-ring (bicyclic) bond motifs is 7. The van der Waals surface area contributed by atoms with Crippen LogP contribution in [0.3, 0.4) is 0 Å². The molecule has 9 nitrogen and oxygen atoms in total. The van der Waals surface area contributed by atoms with E-state index in [0.29, 0.717) is 47.1 Å². The zero-order valence-electron chi connectivity index (χ0n) is 25.1. The Balaban J connectivity index is 1.25. The molecule has 0 amide bonds. The van der Waals surface area contributed by atoms with Crippen molar-refractivity contribution in [2.75, 3.05) is 31.1 Å². The lowest BCUT2D eigenvalue weighted by Gasteiger charge is -2.46. The lowest BCUT2D eigenvalue weighted by Crippen LogP contribution is -2.62. The molecule has 236 valence electrons. The Morgan fingerprint density at radius 3 is 2.85 bits per heavy atom. The highest BCUT2D eigenvalue weighted by atomic mass is 19.3. The molecule has 2 aromatic carbocycles. The number of terminal acetylenes is 1. The molecule has 12 heteroatoms. The zero-order valence-corrected chi connectivity index (χ0v) is 25.1. The number of halogens is 3. The number of piperazine rings is 1. The van der Waals surface area contributed by atoms with E-state index >= 15 is 4.39 Å². The predicted molar refractivity (Wildman–Crippen MR) is 165 cm³/mol. The van der Waals surface area contributed by atoms with Gasteiger partial charge in [-0.05, 0) is 49.8 Å². The Hall–Kier alpha value is -4.34. The minimum Gasteiger partial charge on any atom is -0.508 e. The monoisotopic (exact) mass is 628 g/mol. The van der Waals surface area contributed by atoms with Crippen molar-refractivity contribution in [1.82, 2.24) is 25.2 Å². The number of hydrogen-bond acceptors (Lipinski definition) is 9. The van der Waals surface area contributed by atoms with Crippen LogP contribution in [0.5, 0.6) is 17.6 Å². The van der Waals surface area contributed by atoms with Gasteiger partial charge in [-0.25, -0.2) is 18.2 Å². The molecule has 0 radical (unpaired) electrons. The molecule has 4 aromatic rings. The Morgan fingerprint density at radius 2 is 2.07 bits per heavy atom. The van der Waals surface area contributed by atoms with Crippen molar-refractivity contribution in [2.45, 2.75) is 68.3 Å². The summed E-state index contributed by atoms with van der Waals surface area (Å²) >= 11 is 0. The number of ether oxygens (including phenoxy) is 2. The van der Waals surface area contributed by atoms with E-state index in [9.17, 15) is 13.9 Å². The number of aromatic nitrogens is 3. The number of aromatic hydroxyl groups is 1. The first-order chi connectivity index (χ1) is 22.1. The number of nitrogens with zero attached hydrogens (tertiary/aromatic N) is 5. The first-order valence-corrected chi connectivity index (χ1v) is 15.7. The van der Waals surface area contributed by atoms with E-state index in [1.807, 2.05) is 6.92 Å². The van der Waals surface area contributed by atoms with Gasteiger partial charge in [-0.1, -0.05) is 18.1 Å². The van der Waals surface area contributed by atoms with Crippen LogP contribution in [0.4, 0.5) is 19.0 Å². The molecule has 2 bridgehead atoms. The van der Waals surface area contributed by atoms with Gasteiger partial charge in [-0.3, -0.25) is 4.90 Å². The zero-order chi connectivity index (χ0) is 31.5. The molecule has 4 fully saturated rings. The molecule has 4 saturated heterocycles. The van der Waals surface area contributed by atoms with Crippen molar-refractivity contribution in [2.24, 2.45) is 0 Å². The second-order valence-corrected chi connectivity index (χ2v) is 13.4. The third-order valence-corrected chi connectivity index (χ3v) is 10.6. The van der Waals surface area contributed by atoms with Crippen molar-refractivity contribution in [1.29, 1.82) is 0 Å². The van der Waals surface area contributed by atoms with E-state index in [-0.39, 0.29) is 78.2 Å². The summed E-state index contributed by atoms with van der Waals surface area (Å²) in [4.78, 5) is 18.0. The number of hydrogen-bond donors (Lipinski definition) is 2. The number of phenolic OH excluding ortho intramolecular Hbond substituents is 1. The van der Waals surface area contributed by atoms with Gasteiger partial charge in [0.2, 0.25) is 5.88 Å². The van der Waals surface area contributed by atoms with Crippen LogP contribution in [0.25, 0.3) is 32.9 Å². The normalized spacial score (nSPS) is 29.1. The van der Waals surface area contributed by atoms with Crippen LogP contribution < -0.4 is 19.7 Å². The minimum absolute atomic E-state index is 0.0359. The molecule has 5 aliphatic rings. The van der Waals surface area contributed by atoms with Crippen molar-refractivity contribution in [3.63, 3.8) is 0 Å². The molecule has 0 spiro atoms. The standard InChI is InChI=1S/C34H31F3N6O3/c1-3-18-5-4-6-19-11-21(44)12-22(24(18)19)27-26(35)28-25-30(41-32(40-28)45-16-33-9-10-42(33)15-34(36,37)14-33)43-13-20-7-8-23(38-20)29(43)17(2)46-31(25)39-27/h1,4-6,11-12,17,20,23,29,38,44H,7-10,13-16H2,2H3/t17-,20+,23-,29+,33+/m0/s1. The Morgan fingerprint density at radius 1 is 1.20 bits per heavy atom. The fraction of sp³-hybridized carbons (Fsp3) is 0.441. The van der Waals surface area contributed by atoms with E-state index in [1.165, 1.54) is 6.07 Å². The third kappa shape index (κ3) is 4.00. The number of phenols is 1. The lowest BCUT2D eigenvalue weighted by atomic mass is 9.85. The van der Waals surface area contributed by atoms with Crippen LogP contribution in [-0.2, 0) is 0 Å². The maximum Gasteiger partial charge on any atom is 0.319 e. The molecule has 0 saturated carbocycles. The smallest absolute Gasteiger partial charge is 0.319 e. The van der Waals surface area contributed by atoms with Crippen molar-refractivity contribution < 1.29 is 27.8 Å². The van der Waals surface area contributed by atoms with Crippen molar-refractivity contribution in [3.05, 3.63) is 41.7 Å². The van der Waals surface area contributed by atoms with Crippen LogP contribution in [-0.4, -0.2) is 86.9 Å². The van der Waals surface area contributed by atoms with E-state index in [4.69, 9.17) is 25.9 Å². The summed E-state index contributed by atoms with van der Waals surface area (Å²) < 4.78 is 58.5. The highest BCUT2D eigenvalue weighted by molar-refractivity contribution is 6.04. The molecule has 46 heavy (non-hydrogen) atoms. The minimum atomic E-state index is -2.79. The average Bonchev–Trinajstić information content (AvgIpc) is 3.44. The fourth-order valence-electron chi connectivity index (χ4n) is 8.52. The van der Waals surface area contributed by atoms with Crippen LogP contribution in [0.1, 0.15) is 38.2 Å². The van der Waals surface area contributed by atoms with Crippen LogP contribution in [0, 0.1) is 18.2 Å². The quantitative estimate of drug-likeness (QED) is 0.314. The number of alkyl halides is 2. The van der Waals surface area contributed by atoms with Gasteiger partial charge in [-0.15, -0.1) is 6.42 Å². The Labute approximate surface area is 262 Å². The average molecular weight is 629 g/mol. The summed E-state index contributed by atoms with van der Waals surface area (Å²) in [5.74, 6) is -0.352. The first kappa shape index (κ1) is 27.9. The molecule has 7 heterocycles. The highest BCUT2D eigenvalue weighted by Gasteiger charge is 2.60. The largest absolute Gasteiger partial charge is 0.508 e. The Kier molecular flexibility index (Phi) is 5.82. The van der Waals surface area contributed by atoms with Gasteiger partial charge in [0.05, 0.1) is 18.1 Å². The van der Waals surface area contributed by atoms with Crippen molar-refractivity contribution >= 4 is 27.5 Å². The maximum absolute atomic E-state index is 17.0. The molecule has 5 aliphatic heterocycles. The topological polar surface area (TPSA) is 95.9 Å². The Bertz CT molecular complexity index is 2000. The molecular formula is C34H31F3N6O3. The lowest BCUT2D eigenvalue weighted by molar-refractivity contribution is -0.0132. The van der Waals surface area contributed by atoms with E-state index in [1.54, 1.807) is 29.2 Å². The summed E-state index contributed by atoms with van der Waals surface area (Å²) in [7, 11) is 0. The highest BCUT2D eigenvalue weighted by Crippen LogP contribution is 2.49. The van der Waals surface area contributed by atoms with E-state index < -0.39 is 17.3 Å². The van der Waals surface area contributed by atoms with Gasteiger partial charge in [0.15, 0.2) is 5.82 Å². The SMILES string of the molecule is C#Cc1cccc2cc(O)cc(-c3nc4c5c(nc(OC[C@]67CCN6CC(F)(F)C7)nc5c3F)N3C[C@H]5CC[C@H](N5)[C@H]3[C@H](C)O4)c12. The summed E-state index contributed by atoms with van der Waals surface area (Å²) in [6, 6.07) is 8.43. The van der Waals surface area contributed by atoms with Crippen molar-refractivity contribution in [3.8, 4) is 41.2 Å². The van der Waals surface area contributed by atoms with Crippen LogP contribution in [0.15, 0.2) is 30.3 Å². The van der Waals surface area contributed by atoms with Gasteiger partial charge in [0, 0.05) is 48.1 Å². The fourth-order valence-corrected chi connectivity index (χ4v) is 8.52. The molecule has 2 aromatic heterocycles. The molecule has 5 atom stereocenters. The number of nitrogens with one attached hydrogen (secondary N) is 1. The van der Waals surface area contributed by atoms with Gasteiger partial charge >= 0.3 is 6.01 Å². The van der Waals surface area contributed by atoms with Crippen LogP contribution >= 0.6 is 0 Å². The number of anilines is 1. The van der Waals surface area contributed by atoms with Gasteiger partial charge < -0.3 is 24.8 Å². The van der Waals surface area contributed by atoms with E-state index in [2.05, 4.69) is 21.1 Å². The van der Waals surface area contributed by atoms with Crippen LogP contribution in [0.2, 0.25) is 0 Å². The molecular weight excluding hydrogens is 597 g/mol. The molecule has 2 N–H and O–H groups in total. The van der Waals surface area contributed by atoms with Gasteiger partial charge in [0.25, 0.3) is 5.92 Å². The van der Waals surface area contributed by atoms with Gasteiger partial charge in [0.1, 0.15) is 40.9 Å². The molecule has 0 aliphatic carbocycles. The summed E-state index contributed by atoms with van der Waals surface area (Å²) in [6.45, 7) is 2.83. The summed E-state index contributed by atoms with van der Waals surface area (Å²) in [6.07, 6.45) is 7.72. The summed E-state index contributed by atoms with van der Waals surface area (Å²) in [5, 5.41) is 15.8. The number of benzene rings is 2. The number of pyridine rings is 1. The van der Waals surface area contributed by atoms with E-state index in [0.717, 1.165) is 12.8 Å². The second kappa shape index (κ2) is 9.59. The summed E-state index contributed by atoms with van der Waals surface area (Å²) in [5.41, 5.74) is -0.152. The maximum atomic E-state index is 17.0. The molecule has 0 unspecified atom stereocenters. The predicted octanol–water partition coefficient (Wildman–Crippen LogP) is 4.62. The second-order valence-electron chi connectivity index (χ2n) is 13.4. The first-order valence-electron chi connectivity index (χ1n) is 15.7. The van der Waals surface area contributed by atoms with Gasteiger partial charge in [-0.2, -0.15) is 9.97 Å².